The van der Waals surface area contributed by atoms with E-state index >= 15 is 0 Å². The Morgan fingerprint density at radius 3 is 2.41 bits per heavy atom. The van der Waals surface area contributed by atoms with Gasteiger partial charge in [-0.1, -0.05) is 6.07 Å². The molecule has 2 heterocycles. The second-order valence-corrected chi connectivity index (χ2v) is 7.78. The number of hydrogen-bond acceptors (Lipinski definition) is 3. The van der Waals surface area contributed by atoms with Crippen LogP contribution in [0.25, 0.3) is 0 Å². The average Bonchev–Trinajstić information content (AvgIpc) is 2.70. The Morgan fingerprint density at radius 1 is 1.03 bits per heavy atom. The fourth-order valence-corrected chi connectivity index (χ4v) is 4.04. The van der Waals surface area contributed by atoms with Gasteiger partial charge in [-0.3, -0.25) is 9.59 Å². The van der Waals surface area contributed by atoms with Gasteiger partial charge in [0, 0.05) is 25.9 Å². The molecular weight excluding hydrogens is 383 g/mol. The number of likely N-dealkylation sites (tertiary alicyclic amines) is 1. The Morgan fingerprint density at radius 2 is 1.72 bits per heavy atom. The largest absolute Gasteiger partial charge is 0.486 e. The zero-order chi connectivity index (χ0) is 20.9. The molecule has 0 saturated carbocycles. The Bertz CT molecular complexity index is 1030. The molecule has 2 aromatic carbocycles. The van der Waals surface area contributed by atoms with Gasteiger partial charge in [-0.15, -0.1) is 0 Å². The molecule has 2 aliphatic heterocycles. The van der Waals surface area contributed by atoms with Crippen molar-refractivity contribution in [2.45, 2.75) is 38.7 Å². The number of aryl methyl sites for hydroxylation is 1. The minimum Gasteiger partial charge on any atom is -0.486 e. The van der Waals surface area contributed by atoms with E-state index in [2.05, 4.69) is 0 Å². The summed E-state index contributed by atoms with van der Waals surface area (Å²) in [6, 6.07) is 5.36. The van der Waals surface area contributed by atoms with Crippen molar-refractivity contribution < 1.29 is 27.5 Å². The minimum absolute atomic E-state index is 0.000719. The molecule has 2 aliphatic rings. The van der Waals surface area contributed by atoms with E-state index in [0.717, 1.165) is 23.3 Å². The first-order chi connectivity index (χ1) is 13.7. The number of piperidine rings is 1. The van der Waals surface area contributed by atoms with E-state index in [9.17, 15) is 22.8 Å². The van der Waals surface area contributed by atoms with Gasteiger partial charge in [0.05, 0.1) is 17.5 Å². The molecule has 0 bridgehead atoms. The summed E-state index contributed by atoms with van der Waals surface area (Å²) in [5.41, 5.74) is 1.29. The van der Waals surface area contributed by atoms with E-state index in [1.165, 1.54) is 4.90 Å². The standard InChI is InChI=1S/C22H20F3NO3/c1-12-3-4-14-17(27)11-22(29-20(14)13(12)2)7-9-26(10-8-22)21(28)15-5-6-16(23)19(25)18(15)24/h3-6H,7-11H2,1-2H3. The van der Waals surface area contributed by atoms with E-state index in [1.807, 2.05) is 19.9 Å². The van der Waals surface area contributed by atoms with Crippen LogP contribution in [0, 0.1) is 31.3 Å². The van der Waals surface area contributed by atoms with Crippen LogP contribution >= 0.6 is 0 Å². The van der Waals surface area contributed by atoms with E-state index < -0.39 is 34.5 Å². The SMILES string of the molecule is Cc1ccc2c(c1C)OC1(CCN(C(=O)c3ccc(F)c(F)c3F)CC1)CC2=O. The van der Waals surface area contributed by atoms with Crippen molar-refractivity contribution in [3.63, 3.8) is 0 Å². The fourth-order valence-electron chi connectivity index (χ4n) is 4.04. The maximum Gasteiger partial charge on any atom is 0.256 e. The van der Waals surface area contributed by atoms with Crippen molar-refractivity contribution in [1.82, 2.24) is 4.90 Å². The summed E-state index contributed by atoms with van der Waals surface area (Å²) in [5, 5.41) is 0. The summed E-state index contributed by atoms with van der Waals surface area (Å²) < 4.78 is 46.9. The number of hydrogen-bond donors (Lipinski definition) is 0. The van der Waals surface area contributed by atoms with Crippen LogP contribution in [-0.2, 0) is 0 Å². The summed E-state index contributed by atoms with van der Waals surface area (Å²) in [4.78, 5) is 26.7. The molecule has 0 aliphatic carbocycles. The van der Waals surface area contributed by atoms with E-state index in [0.29, 0.717) is 24.2 Å². The summed E-state index contributed by atoms with van der Waals surface area (Å²) in [5.74, 6) is -4.60. The molecule has 1 saturated heterocycles. The number of ketones is 1. The smallest absolute Gasteiger partial charge is 0.256 e. The van der Waals surface area contributed by atoms with Gasteiger partial charge in [-0.2, -0.15) is 0 Å². The van der Waals surface area contributed by atoms with E-state index in [4.69, 9.17) is 4.74 Å². The maximum atomic E-state index is 14.0. The lowest BCUT2D eigenvalue weighted by Crippen LogP contribution is -2.52. The van der Waals surface area contributed by atoms with E-state index in [-0.39, 0.29) is 25.3 Å². The number of halogens is 3. The van der Waals surface area contributed by atoms with Crippen LogP contribution in [0.3, 0.4) is 0 Å². The van der Waals surface area contributed by atoms with Crippen LogP contribution < -0.4 is 4.74 Å². The summed E-state index contributed by atoms with van der Waals surface area (Å²) in [7, 11) is 0. The maximum absolute atomic E-state index is 14.0. The molecule has 0 unspecified atom stereocenters. The molecule has 0 aromatic heterocycles. The molecule has 7 heteroatoms. The highest BCUT2D eigenvalue weighted by molar-refractivity contribution is 6.01. The quantitative estimate of drug-likeness (QED) is 0.665. The Balaban J connectivity index is 1.54. The first-order valence-electron chi connectivity index (χ1n) is 9.48. The fraction of sp³-hybridized carbons (Fsp3) is 0.364. The second-order valence-electron chi connectivity index (χ2n) is 7.78. The van der Waals surface area contributed by atoms with Gasteiger partial charge in [0.15, 0.2) is 23.2 Å². The lowest BCUT2D eigenvalue weighted by Gasteiger charge is -2.44. The van der Waals surface area contributed by atoms with Gasteiger partial charge in [-0.25, -0.2) is 13.2 Å². The normalized spacial score (nSPS) is 17.8. The Kier molecular flexibility index (Phi) is 4.63. The van der Waals surface area contributed by atoms with Crippen molar-refractivity contribution in [1.29, 1.82) is 0 Å². The third kappa shape index (κ3) is 3.18. The van der Waals surface area contributed by atoms with Crippen LogP contribution in [0.15, 0.2) is 24.3 Å². The van der Waals surface area contributed by atoms with Crippen LogP contribution in [-0.4, -0.2) is 35.3 Å². The number of benzene rings is 2. The summed E-state index contributed by atoms with van der Waals surface area (Å²) in [6.45, 7) is 4.31. The first kappa shape index (κ1) is 19.5. The molecule has 0 atom stereocenters. The molecule has 0 N–H and O–H groups in total. The zero-order valence-electron chi connectivity index (χ0n) is 16.2. The summed E-state index contributed by atoms with van der Waals surface area (Å²) in [6.07, 6.45) is 0.995. The lowest BCUT2D eigenvalue weighted by molar-refractivity contribution is -0.00631. The molecule has 4 rings (SSSR count). The van der Waals surface area contributed by atoms with Crippen LogP contribution in [0.5, 0.6) is 5.75 Å². The number of carbonyl (C=O) groups excluding carboxylic acids is 2. The second kappa shape index (κ2) is 6.90. The van der Waals surface area contributed by atoms with Gasteiger partial charge in [0.25, 0.3) is 5.91 Å². The van der Waals surface area contributed by atoms with Crippen LogP contribution in [0.4, 0.5) is 13.2 Å². The highest BCUT2D eigenvalue weighted by Gasteiger charge is 2.44. The van der Waals surface area contributed by atoms with Gasteiger partial charge in [-0.05, 0) is 43.2 Å². The highest BCUT2D eigenvalue weighted by atomic mass is 19.2. The number of ether oxygens (including phenoxy) is 1. The van der Waals surface area contributed by atoms with Gasteiger partial charge in [0.1, 0.15) is 11.4 Å². The van der Waals surface area contributed by atoms with Crippen molar-refractivity contribution in [3.05, 3.63) is 64.0 Å². The number of amides is 1. The number of rotatable bonds is 1. The third-order valence-corrected chi connectivity index (χ3v) is 6.01. The average molecular weight is 403 g/mol. The van der Waals surface area contributed by atoms with Crippen molar-refractivity contribution >= 4 is 11.7 Å². The molecule has 1 spiro atoms. The number of carbonyl (C=O) groups is 2. The molecule has 2 aromatic rings. The predicted octanol–water partition coefficient (Wildman–Crippen LogP) is 4.36. The minimum atomic E-state index is -1.66. The number of nitrogens with zero attached hydrogens (tertiary/aromatic N) is 1. The predicted molar refractivity (Wildman–Crippen MR) is 99.7 cm³/mol. The van der Waals surface area contributed by atoms with Crippen LogP contribution in [0.1, 0.15) is 51.1 Å². The monoisotopic (exact) mass is 403 g/mol. The third-order valence-electron chi connectivity index (χ3n) is 6.01. The topological polar surface area (TPSA) is 46.6 Å². The van der Waals surface area contributed by atoms with Gasteiger partial charge < -0.3 is 9.64 Å². The Hall–Kier alpha value is -2.83. The molecule has 1 amide bonds. The Labute approximate surface area is 166 Å². The lowest BCUT2D eigenvalue weighted by atomic mass is 9.81. The number of Topliss-reactive ketones (excluding diaryl/α,β-unsaturated/α-hetero) is 1. The zero-order valence-corrected chi connectivity index (χ0v) is 16.2. The van der Waals surface area contributed by atoms with Gasteiger partial charge >= 0.3 is 0 Å². The molecule has 152 valence electrons. The number of fused-ring (bicyclic) bond motifs is 1. The van der Waals surface area contributed by atoms with Crippen LogP contribution in [0.2, 0.25) is 0 Å². The molecule has 0 radical (unpaired) electrons. The van der Waals surface area contributed by atoms with Crippen molar-refractivity contribution in [2.24, 2.45) is 0 Å². The summed E-state index contributed by atoms with van der Waals surface area (Å²) >= 11 is 0. The molecular formula is C22H20F3NO3. The molecule has 1 fully saturated rings. The van der Waals surface area contributed by atoms with Crippen molar-refractivity contribution in [3.8, 4) is 5.75 Å². The first-order valence-corrected chi connectivity index (χ1v) is 9.48. The van der Waals surface area contributed by atoms with Gasteiger partial charge in [0.2, 0.25) is 0 Å². The van der Waals surface area contributed by atoms with E-state index in [1.54, 1.807) is 6.07 Å². The highest BCUT2D eigenvalue weighted by Crippen LogP contribution is 2.42. The molecule has 4 nitrogen and oxygen atoms in total. The molecule has 29 heavy (non-hydrogen) atoms. The van der Waals surface area contributed by atoms with Crippen molar-refractivity contribution in [2.75, 3.05) is 13.1 Å².